The lowest BCUT2D eigenvalue weighted by Crippen LogP contribution is -2.24. The van der Waals surface area contributed by atoms with Gasteiger partial charge in [-0.1, -0.05) is 41.6 Å². The monoisotopic (exact) mass is 367 g/mol. The molecule has 0 unspecified atom stereocenters. The predicted octanol–water partition coefficient (Wildman–Crippen LogP) is 3.08. The van der Waals surface area contributed by atoms with E-state index in [-0.39, 0.29) is 5.91 Å². The van der Waals surface area contributed by atoms with Crippen molar-refractivity contribution in [1.29, 1.82) is 0 Å². The molecule has 0 saturated heterocycles. The van der Waals surface area contributed by atoms with E-state index in [0.29, 0.717) is 12.3 Å². The van der Waals surface area contributed by atoms with Crippen molar-refractivity contribution in [2.24, 2.45) is 0 Å². The van der Waals surface area contributed by atoms with Crippen LogP contribution in [0.3, 0.4) is 0 Å². The summed E-state index contributed by atoms with van der Waals surface area (Å²) in [5.74, 6) is 1.05. The standard InChI is InChI=1S/C19H21N5OS/c1-3-24-18(16-5-4-10-20-12-16)22-23-19(24)26-13-17(25)21-11-15-8-6-14(2)7-9-15/h4-10,12H,3,11,13H2,1-2H3,(H,21,25). The molecular weight excluding hydrogens is 346 g/mol. The summed E-state index contributed by atoms with van der Waals surface area (Å²) in [6, 6.07) is 12.0. The van der Waals surface area contributed by atoms with E-state index in [1.165, 1.54) is 17.3 Å². The summed E-state index contributed by atoms with van der Waals surface area (Å²) in [5, 5.41) is 12.2. The molecule has 1 amide bonds. The van der Waals surface area contributed by atoms with Crippen LogP contribution in [0.5, 0.6) is 0 Å². The Bertz CT molecular complexity index is 861. The van der Waals surface area contributed by atoms with Crippen LogP contribution in [0.4, 0.5) is 0 Å². The van der Waals surface area contributed by atoms with Crippen LogP contribution < -0.4 is 5.32 Å². The number of thioether (sulfide) groups is 1. The van der Waals surface area contributed by atoms with E-state index >= 15 is 0 Å². The fraction of sp³-hybridized carbons (Fsp3) is 0.263. The van der Waals surface area contributed by atoms with E-state index in [1.807, 2.05) is 54.8 Å². The van der Waals surface area contributed by atoms with Gasteiger partial charge >= 0.3 is 0 Å². The lowest BCUT2D eigenvalue weighted by molar-refractivity contribution is -0.118. The molecule has 134 valence electrons. The quantitative estimate of drug-likeness (QED) is 0.650. The van der Waals surface area contributed by atoms with Gasteiger partial charge in [0, 0.05) is 31.0 Å². The smallest absolute Gasteiger partial charge is 0.230 e. The molecule has 2 heterocycles. The number of nitrogens with zero attached hydrogens (tertiary/aromatic N) is 4. The zero-order chi connectivity index (χ0) is 18.4. The molecule has 0 aliphatic rings. The van der Waals surface area contributed by atoms with Gasteiger partial charge in [0.25, 0.3) is 0 Å². The number of aromatic nitrogens is 4. The maximum atomic E-state index is 12.1. The van der Waals surface area contributed by atoms with E-state index in [4.69, 9.17) is 0 Å². The molecule has 6 nitrogen and oxygen atoms in total. The molecular formula is C19H21N5OS. The van der Waals surface area contributed by atoms with Crippen molar-refractivity contribution in [3.63, 3.8) is 0 Å². The minimum Gasteiger partial charge on any atom is -0.351 e. The molecule has 0 bridgehead atoms. The first-order chi connectivity index (χ1) is 12.7. The molecule has 0 aliphatic carbocycles. The molecule has 0 spiro atoms. The Hall–Kier alpha value is -2.67. The Morgan fingerprint density at radius 1 is 1.19 bits per heavy atom. The molecule has 1 aromatic carbocycles. The van der Waals surface area contributed by atoms with Gasteiger partial charge in [0.15, 0.2) is 11.0 Å². The van der Waals surface area contributed by atoms with Gasteiger partial charge < -0.3 is 9.88 Å². The summed E-state index contributed by atoms with van der Waals surface area (Å²) in [6.45, 7) is 5.33. The average Bonchev–Trinajstić information content (AvgIpc) is 3.09. The van der Waals surface area contributed by atoms with Gasteiger partial charge in [-0.2, -0.15) is 0 Å². The predicted molar refractivity (Wildman–Crippen MR) is 103 cm³/mol. The molecule has 0 aliphatic heterocycles. The molecule has 0 radical (unpaired) electrons. The summed E-state index contributed by atoms with van der Waals surface area (Å²) in [5.41, 5.74) is 3.21. The summed E-state index contributed by atoms with van der Waals surface area (Å²) in [6.07, 6.45) is 3.49. The summed E-state index contributed by atoms with van der Waals surface area (Å²) in [7, 11) is 0. The topological polar surface area (TPSA) is 72.7 Å². The molecule has 0 atom stereocenters. The zero-order valence-corrected chi connectivity index (χ0v) is 15.7. The van der Waals surface area contributed by atoms with E-state index in [9.17, 15) is 4.79 Å². The van der Waals surface area contributed by atoms with Crippen molar-refractivity contribution in [2.45, 2.75) is 32.1 Å². The molecule has 0 saturated carbocycles. The second-order valence-corrected chi connectivity index (χ2v) is 6.79. The average molecular weight is 367 g/mol. The first kappa shape index (κ1) is 18.1. The third-order valence-electron chi connectivity index (χ3n) is 3.90. The number of pyridine rings is 1. The SMILES string of the molecule is CCn1c(SCC(=O)NCc2ccc(C)cc2)nnc1-c1cccnc1. The second kappa shape index (κ2) is 8.62. The van der Waals surface area contributed by atoms with Crippen LogP contribution in [0.1, 0.15) is 18.1 Å². The second-order valence-electron chi connectivity index (χ2n) is 5.84. The van der Waals surface area contributed by atoms with Crippen LogP contribution in [-0.4, -0.2) is 31.4 Å². The van der Waals surface area contributed by atoms with Crippen molar-refractivity contribution < 1.29 is 4.79 Å². The molecule has 2 aromatic heterocycles. The number of benzene rings is 1. The summed E-state index contributed by atoms with van der Waals surface area (Å²) in [4.78, 5) is 16.3. The highest BCUT2D eigenvalue weighted by molar-refractivity contribution is 7.99. The maximum absolute atomic E-state index is 12.1. The Labute approximate surface area is 157 Å². The van der Waals surface area contributed by atoms with E-state index < -0.39 is 0 Å². The number of carbonyl (C=O) groups is 1. The van der Waals surface area contributed by atoms with Crippen LogP contribution in [0.25, 0.3) is 11.4 Å². The van der Waals surface area contributed by atoms with Gasteiger partial charge in [-0.25, -0.2) is 0 Å². The lowest BCUT2D eigenvalue weighted by Gasteiger charge is -2.08. The fourth-order valence-corrected chi connectivity index (χ4v) is 3.31. The highest BCUT2D eigenvalue weighted by atomic mass is 32.2. The third kappa shape index (κ3) is 4.49. The van der Waals surface area contributed by atoms with Crippen LogP contribution in [0.15, 0.2) is 53.9 Å². The molecule has 7 heteroatoms. The number of hydrogen-bond donors (Lipinski definition) is 1. The number of nitrogens with one attached hydrogen (secondary N) is 1. The molecule has 3 aromatic rings. The number of carbonyl (C=O) groups excluding carboxylic acids is 1. The molecule has 1 N–H and O–H groups in total. The van der Waals surface area contributed by atoms with Gasteiger partial charge in [0.2, 0.25) is 5.91 Å². The van der Waals surface area contributed by atoms with Gasteiger partial charge in [0.05, 0.1) is 5.75 Å². The Morgan fingerprint density at radius 3 is 2.69 bits per heavy atom. The van der Waals surface area contributed by atoms with Crippen molar-refractivity contribution >= 4 is 17.7 Å². The number of amides is 1. The van der Waals surface area contributed by atoms with E-state index in [1.54, 1.807) is 12.4 Å². The van der Waals surface area contributed by atoms with Crippen LogP contribution in [0, 0.1) is 6.92 Å². The summed E-state index contributed by atoms with van der Waals surface area (Å²) >= 11 is 1.39. The minimum absolute atomic E-state index is 0.0239. The van der Waals surface area contributed by atoms with Crippen LogP contribution in [0.2, 0.25) is 0 Å². The van der Waals surface area contributed by atoms with Crippen molar-refractivity contribution in [3.8, 4) is 11.4 Å². The van der Waals surface area contributed by atoms with Crippen molar-refractivity contribution in [2.75, 3.05) is 5.75 Å². The van der Waals surface area contributed by atoms with Gasteiger partial charge in [0.1, 0.15) is 0 Å². The minimum atomic E-state index is -0.0239. The van der Waals surface area contributed by atoms with Crippen molar-refractivity contribution in [1.82, 2.24) is 25.1 Å². The normalized spacial score (nSPS) is 10.7. The fourth-order valence-electron chi connectivity index (χ4n) is 2.48. The van der Waals surface area contributed by atoms with Gasteiger partial charge in [-0.05, 0) is 31.5 Å². The van der Waals surface area contributed by atoms with Crippen LogP contribution >= 0.6 is 11.8 Å². The third-order valence-corrected chi connectivity index (χ3v) is 4.86. The van der Waals surface area contributed by atoms with Gasteiger partial charge in [-0.3, -0.25) is 9.78 Å². The number of rotatable bonds is 7. The Balaban J connectivity index is 1.58. The van der Waals surface area contributed by atoms with Gasteiger partial charge in [-0.15, -0.1) is 10.2 Å². The first-order valence-corrected chi connectivity index (χ1v) is 9.44. The highest BCUT2D eigenvalue weighted by Gasteiger charge is 2.14. The number of aryl methyl sites for hydroxylation is 1. The lowest BCUT2D eigenvalue weighted by atomic mass is 10.1. The van der Waals surface area contributed by atoms with E-state index in [0.717, 1.165) is 28.7 Å². The number of hydrogen-bond acceptors (Lipinski definition) is 5. The molecule has 3 rings (SSSR count). The highest BCUT2D eigenvalue weighted by Crippen LogP contribution is 2.23. The largest absolute Gasteiger partial charge is 0.351 e. The molecule has 26 heavy (non-hydrogen) atoms. The van der Waals surface area contributed by atoms with Crippen LogP contribution in [-0.2, 0) is 17.9 Å². The summed E-state index contributed by atoms with van der Waals surface area (Å²) < 4.78 is 1.99. The Kier molecular flexibility index (Phi) is 6.01. The first-order valence-electron chi connectivity index (χ1n) is 8.46. The van der Waals surface area contributed by atoms with E-state index in [2.05, 4.69) is 20.5 Å². The maximum Gasteiger partial charge on any atom is 0.230 e. The molecule has 0 fully saturated rings. The zero-order valence-electron chi connectivity index (χ0n) is 14.8. The van der Waals surface area contributed by atoms with Crippen molar-refractivity contribution in [3.05, 3.63) is 59.9 Å². The Morgan fingerprint density at radius 2 is 2.00 bits per heavy atom.